The molecule has 0 saturated carbocycles. The Labute approximate surface area is 188 Å². The number of benzene rings is 3. The van der Waals surface area contributed by atoms with Crippen LogP contribution in [0.25, 0.3) is 6.08 Å². The number of amidine groups is 1. The van der Waals surface area contributed by atoms with Crippen LogP contribution in [0.4, 0.5) is 5.69 Å². The Bertz CT molecular complexity index is 1190. The van der Waals surface area contributed by atoms with Gasteiger partial charge in [-0.05, 0) is 78.9 Å². The van der Waals surface area contributed by atoms with E-state index in [1.165, 1.54) is 11.8 Å². The third-order valence-electron chi connectivity index (χ3n) is 4.38. The molecular weight excluding hydrogens is 432 g/mol. The van der Waals surface area contributed by atoms with Crippen LogP contribution in [0, 0.1) is 6.92 Å². The average molecular weight is 449 g/mol. The molecule has 0 radical (unpaired) electrons. The molecule has 7 heteroatoms. The second-order valence-corrected chi connectivity index (χ2v) is 8.25. The number of esters is 1. The highest BCUT2D eigenvalue weighted by Crippen LogP contribution is 2.29. The molecule has 0 aliphatic carbocycles. The number of ether oxygens (including phenoxy) is 1. The molecule has 3 aromatic carbocycles. The minimum Gasteiger partial charge on any atom is -0.423 e. The molecule has 1 aliphatic heterocycles. The highest BCUT2D eigenvalue weighted by Gasteiger charge is 2.23. The summed E-state index contributed by atoms with van der Waals surface area (Å²) in [5, 5.41) is 3.88. The summed E-state index contributed by atoms with van der Waals surface area (Å²) in [5.74, 6) is -0.200. The summed E-state index contributed by atoms with van der Waals surface area (Å²) in [6.07, 6.45) is 1.76. The number of nitrogens with one attached hydrogen (secondary N) is 1. The van der Waals surface area contributed by atoms with Gasteiger partial charge in [-0.2, -0.15) is 0 Å². The second-order valence-electron chi connectivity index (χ2n) is 6.78. The zero-order valence-electron chi connectivity index (χ0n) is 16.5. The first-order chi connectivity index (χ1) is 15.0. The molecule has 0 bridgehead atoms. The Kier molecular flexibility index (Phi) is 6.21. The van der Waals surface area contributed by atoms with Gasteiger partial charge in [0.15, 0.2) is 5.17 Å². The van der Waals surface area contributed by atoms with Crippen molar-refractivity contribution in [3.63, 3.8) is 0 Å². The third kappa shape index (κ3) is 5.42. The van der Waals surface area contributed by atoms with Gasteiger partial charge in [0.25, 0.3) is 5.91 Å². The maximum Gasteiger partial charge on any atom is 0.343 e. The predicted molar refractivity (Wildman–Crippen MR) is 125 cm³/mol. The topological polar surface area (TPSA) is 67.8 Å². The lowest BCUT2D eigenvalue weighted by Gasteiger charge is -2.05. The van der Waals surface area contributed by atoms with Gasteiger partial charge in [0.05, 0.1) is 16.2 Å². The fourth-order valence-electron chi connectivity index (χ4n) is 2.75. The lowest BCUT2D eigenvalue weighted by atomic mass is 10.1. The number of aryl methyl sites for hydroxylation is 1. The molecular formula is C24H17ClN2O3S. The quantitative estimate of drug-likeness (QED) is 0.313. The summed E-state index contributed by atoms with van der Waals surface area (Å²) in [6.45, 7) is 1.96. The highest BCUT2D eigenvalue weighted by molar-refractivity contribution is 8.18. The predicted octanol–water partition coefficient (Wildman–Crippen LogP) is 5.76. The first-order valence-electron chi connectivity index (χ1n) is 9.40. The summed E-state index contributed by atoms with van der Waals surface area (Å²) in [7, 11) is 0. The van der Waals surface area contributed by atoms with Gasteiger partial charge >= 0.3 is 5.97 Å². The Hall–Kier alpha value is -3.35. The van der Waals surface area contributed by atoms with Gasteiger partial charge in [-0.1, -0.05) is 41.4 Å². The summed E-state index contributed by atoms with van der Waals surface area (Å²) >= 11 is 7.14. The van der Waals surface area contributed by atoms with Crippen molar-refractivity contribution >= 4 is 52.2 Å². The van der Waals surface area contributed by atoms with E-state index in [-0.39, 0.29) is 5.91 Å². The smallest absolute Gasteiger partial charge is 0.343 e. The SMILES string of the molecule is Cc1ccc(C(=O)Oc2ccc(/C=C3\SC(=Nc4ccc(Cl)cc4)NC3=O)cc2)cc1. The zero-order chi connectivity index (χ0) is 21.8. The number of hydrogen-bond acceptors (Lipinski definition) is 5. The van der Waals surface area contributed by atoms with Gasteiger partial charge in [-0.3, -0.25) is 4.79 Å². The number of amides is 1. The Balaban J connectivity index is 1.43. The largest absolute Gasteiger partial charge is 0.423 e. The van der Waals surface area contributed by atoms with E-state index in [4.69, 9.17) is 16.3 Å². The lowest BCUT2D eigenvalue weighted by Crippen LogP contribution is -2.19. The fraction of sp³-hybridized carbons (Fsp3) is 0.0417. The molecule has 0 aromatic heterocycles. The van der Waals surface area contributed by atoms with Crippen LogP contribution in [0.1, 0.15) is 21.5 Å². The number of halogens is 1. The molecule has 0 unspecified atom stereocenters. The van der Waals surface area contributed by atoms with Crippen LogP contribution in [-0.4, -0.2) is 17.0 Å². The van der Waals surface area contributed by atoms with E-state index in [1.807, 2.05) is 19.1 Å². The molecule has 1 amide bonds. The van der Waals surface area contributed by atoms with Crippen molar-refractivity contribution in [1.29, 1.82) is 0 Å². The molecule has 1 N–H and O–H groups in total. The van der Waals surface area contributed by atoms with Crippen molar-refractivity contribution < 1.29 is 14.3 Å². The zero-order valence-corrected chi connectivity index (χ0v) is 18.0. The number of hydrogen-bond donors (Lipinski definition) is 1. The maximum absolute atomic E-state index is 12.3. The number of nitrogens with zero attached hydrogens (tertiary/aromatic N) is 1. The lowest BCUT2D eigenvalue weighted by molar-refractivity contribution is -0.115. The van der Waals surface area contributed by atoms with E-state index in [0.29, 0.717) is 32.1 Å². The molecule has 3 aromatic rings. The molecule has 154 valence electrons. The first-order valence-corrected chi connectivity index (χ1v) is 10.6. The van der Waals surface area contributed by atoms with Gasteiger partial charge in [0.2, 0.25) is 0 Å². The molecule has 1 heterocycles. The number of carbonyl (C=O) groups is 2. The van der Waals surface area contributed by atoms with Crippen molar-refractivity contribution in [3.05, 3.63) is 99.4 Å². The maximum atomic E-state index is 12.3. The summed E-state index contributed by atoms with van der Waals surface area (Å²) in [5.41, 5.74) is 3.07. The van der Waals surface area contributed by atoms with Crippen LogP contribution in [0.5, 0.6) is 5.75 Å². The second kappa shape index (κ2) is 9.20. The van der Waals surface area contributed by atoms with Crippen LogP contribution >= 0.6 is 23.4 Å². The molecule has 1 aliphatic rings. The number of aliphatic imine (C=N–C) groups is 1. The third-order valence-corrected chi connectivity index (χ3v) is 5.55. The summed E-state index contributed by atoms with van der Waals surface area (Å²) in [4.78, 5) is 29.4. The van der Waals surface area contributed by atoms with E-state index < -0.39 is 5.97 Å². The number of carbonyl (C=O) groups excluding carboxylic acids is 2. The first kappa shape index (κ1) is 20.9. The monoisotopic (exact) mass is 448 g/mol. The molecule has 4 rings (SSSR count). The van der Waals surface area contributed by atoms with Crippen LogP contribution in [-0.2, 0) is 4.79 Å². The summed E-state index contributed by atoms with van der Waals surface area (Å²) < 4.78 is 5.41. The van der Waals surface area contributed by atoms with Gasteiger partial charge in [-0.15, -0.1) is 0 Å². The van der Waals surface area contributed by atoms with Gasteiger partial charge in [-0.25, -0.2) is 9.79 Å². The minimum atomic E-state index is -0.417. The van der Waals surface area contributed by atoms with Crippen LogP contribution in [0.3, 0.4) is 0 Å². The van der Waals surface area contributed by atoms with Crippen molar-refractivity contribution in [3.8, 4) is 5.75 Å². The van der Waals surface area contributed by atoms with Crippen LogP contribution < -0.4 is 10.1 Å². The molecule has 5 nitrogen and oxygen atoms in total. The average Bonchev–Trinajstić information content (AvgIpc) is 3.10. The van der Waals surface area contributed by atoms with E-state index in [9.17, 15) is 9.59 Å². The molecule has 0 spiro atoms. The minimum absolute atomic E-state index is 0.215. The molecule has 31 heavy (non-hydrogen) atoms. The normalized spacial score (nSPS) is 15.9. The van der Waals surface area contributed by atoms with Gasteiger partial charge < -0.3 is 10.1 Å². The standard InChI is InChI=1S/C24H17ClN2O3S/c1-15-2-6-17(7-3-15)23(29)30-20-12-4-16(5-13-20)14-21-22(28)27-24(31-21)26-19-10-8-18(25)9-11-19/h2-14H,1H3,(H,26,27,28)/b21-14-. The van der Waals surface area contributed by atoms with E-state index >= 15 is 0 Å². The van der Waals surface area contributed by atoms with Crippen LogP contribution in [0.2, 0.25) is 5.02 Å². The molecule has 0 atom stereocenters. The van der Waals surface area contributed by atoms with E-state index in [1.54, 1.807) is 66.7 Å². The molecule has 1 fully saturated rings. The highest BCUT2D eigenvalue weighted by atomic mass is 35.5. The fourth-order valence-corrected chi connectivity index (χ4v) is 3.72. The van der Waals surface area contributed by atoms with Crippen molar-refractivity contribution in [2.75, 3.05) is 0 Å². The number of thioether (sulfide) groups is 1. The van der Waals surface area contributed by atoms with Crippen molar-refractivity contribution in [2.45, 2.75) is 6.92 Å². The Morgan fingerprint density at radius 2 is 1.68 bits per heavy atom. The van der Waals surface area contributed by atoms with E-state index in [0.717, 1.165) is 11.1 Å². The van der Waals surface area contributed by atoms with E-state index in [2.05, 4.69) is 10.3 Å². The van der Waals surface area contributed by atoms with Gasteiger partial charge in [0.1, 0.15) is 5.75 Å². The Morgan fingerprint density at radius 1 is 1.00 bits per heavy atom. The molecule has 1 saturated heterocycles. The van der Waals surface area contributed by atoms with Crippen molar-refractivity contribution in [2.24, 2.45) is 4.99 Å². The number of rotatable bonds is 4. The Morgan fingerprint density at radius 3 is 2.35 bits per heavy atom. The van der Waals surface area contributed by atoms with Crippen molar-refractivity contribution in [1.82, 2.24) is 5.32 Å². The van der Waals surface area contributed by atoms with Gasteiger partial charge in [0, 0.05) is 5.02 Å². The summed E-state index contributed by atoms with van der Waals surface area (Å²) in [6, 6.07) is 21.2. The van der Waals surface area contributed by atoms with Crippen LogP contribution in [0.15, 0.2) is 82.7 Å².